The molecule has 1 fully saturated rings. The molecule has 1 N–H and O–H groups in total. The number of hydrogen-bond acceptors (Lipinski definition) is 6. The minimum atomic E-state index is 0.502. The third kappa shape index (κ3) is 3.79. The predicted octanol–water partition coefficient (Wildman–Crippen LogP) is 4.59. The number of benzene rings is 1. The number of hydrogen-bond donors (Lipinski definition) is 1. The van der Waals surface area contributed by atoms with E-state index in [1.54, 1.807) is 11.8 Å². The Morgan fingerprint density at radius 1 is 1.15 bits per heavy atom. The Bertz CT molecular complexity index is 795. The molecule has 0 aromatic heterocycles. The quantitative estimate of drug-likeness (QED) is 0.808. The van der Waals surface area contributed by atoms with E-state index in [4.69, 9.17) is 9.98 Å². The van der Waals surface area contributed by atoms with E-state index in [0.29, 0.717) is 6.04 Å². The van der Waals surface area contributed by atoms with E-state index in [0.717, 1.165) is 41.6 Å². The number of fused-ring (bicyclic) bond motifs is 2. The molecule has 142 valence electrons. The standard InChI is InChI=1S/C21H26N4S2/c1-2-6-15(7-3-1)19-11-22-20(24-19)26-13-18-14-27-21-23-10-16-8-4-5-9-17(16)12-25(18)21/h4-5,8-9,14-15,19H,1-3,6-7,10-13H2,(H,22,24). The predicted molar refractivity (Wildman–Crippen MR) is 117 cm³/mol. The van der Waals surface area contributed by atoms with E-state index < -0.39 is 0 Å². The van der Waals surface area contributed by atoms with Crippen LogP contribution in [0, 0.1) is 5.92 Å². The van der Waals surface area contributed by atoms with Crippen molar-refractivity contribution < 1.29 is 0 Å². The van der Waals surface area contributed by atoms with Crippen molar-refractivity contribution >= 4 is 33.9 Å². The second-order valence-electron chi connectivity index (χ2n) is 7.75. The highest BCUT2D eigenvalue weighted by Crippen LogP contribution is 2.34. The summed E-state index contributed by atoms with van der Waals surface area (Å²) in [6, 6.07) is 9.18. The molecule has 0 saturated heterocycles. The second kappa shape index (κ2) is 7.92. The van der Waals surface area contributed by atoms with Crippen LogP contribution in [0.25, 0.3) is 0 Å². The van der Waals surface area contributed by atoms with Crippen molar-refractivity contribution in [2.24, 2.45) is 15.9 Å². The Labute approximate surface area is 170 Å². The normalized spacial score (nSPS) is 25.1. The first kappa shape index (κ1) is 17.7. The van der Waals surface area contributed by atoms with Crippen molar-refractivity contribution in [1.29, 1.82) is 0 Å². The van der Waals surface area contributed by atoms with E-state index in [2.05, 4.69) is 39.9 Å². The van der Waals surface area contributed by atoms with Gasteiger partial charge in [0.2, 0.25) is 0 Å². The number of amidine groups is 2. The highest BCUT2D eigenvalue weighted by molar-refractivity contribution is 8.17. The lowest BCUT2D eigenvalue weighted by Crippen LogP contribution is -2.27. The molecule has 27 heavy (non-hydrogen) atoms. The van der Waals surface area contributed by atoms with Gasteiger partial charge >= 0.3 is 0 Å². The summed E-state index contributed by atoms with van der Waals surface area (Å²) in [6.45, 7) is 2.75. The first-order chi connectivity index (χ1) is 13.4. The van der Waals surface area contributed by atoms with Gasteiger partial charge in [-0.05, 0) is 35.3 Å². The van der Waals surface area contributed by atoms with E-state index in [1.165, 1.54) is 48.9 Å². The summed E-state index contributed by atoms with van der Waals surface area (Å²) in [5, 5.41) is 8.11. The van der Waals surface area contributed by atoms with Crippen molar-refractivity contribution in [3.8, 4) is 0 Å². The Morgan fingerprint density at radius 3 is 2.89 bits per heavy atom. The van der Waals surface area contributed by atoms with Gasteiger partial charge in [0.25, 0.3) is 0 Å². The van der Waals surface area contributed by atoms with Gasteiger partial charge in [0.1, 0.15) is 0 Å². The Balaban J connectivity index is 1.22. The van der Waals surface area contributed by atoms with Gasteiger partial charge in [0, 0.05) is 18.0 Å². The molecule has 1 aliphatic carbocycles. The van der Waals surface area contributed by atoms with Crippen LogP contribution in [-0.4, -0.2) is 33.6 Å². The van der Waals surface area contributed by atoms with Crippen molar-refractivity contribution in [3.05, 3.63) is 46.5 Å². The molecule has 0 amide bonds. The SMILES string of the molecule is C1=C(CSC2=NC(C3CCCCC3)CN2)N2Cc3ccccc3CN=C2S1. The maximum Gasteiger partial charge on any atom is 0.168 e. The summed E-state index contributed by atoms with van der Waals surface area (Å²) in [4.78, 5) is 12.2. The van der Waals surface area contributed by atoms with Crippen LogP contribution in [0.4, 0.5) is 0 Å². The Hall–Kier alpha value is -1.40. The van der Waals surface area contributed by atoms with Crippen molar-refractivity contribution in [3.63, 3.8) is 0 Å². The maximum atomic E-state index is 5.02. The number of nitrogens with zero attached hydrogens (tertiary/aromatic N) is 3. The fourth-order valence-corrected chi connectivity index (χ4v) is 6.34. The van der Waals surface area contributed by atoms with Crippen LogP contribution in [0.15, 0.2) is 45.4 Å². The maximum absolute atomic E-state index is 5.02. The molecule has 4 nitrogen and oxygen atoms in total. The van der Waals surface area contributed by atoms with Crippen LogP contribution < -0.4 is 5.32 Å². The molecule has 3 aliphatic heterocycles. The zero-order chi connectivity index (χ0) is 18.1. The van der Waals surface area contributed by atoms with Gasteiger partial charge in [0.15, 0.2) is 10.3 Å². The lowest BCUT2D eigenvalue weighted by Gasteiger charge is -2.24. The smallest absolute Gasteiger partial charge is 0.168 e. The van der Waals surface area contributed by atoms with Gasteiger partial charge in [-0.1, -0.05) is 67.1 Å². The average molecular weight is 399 g/mol. The molecular formula is C21H26N4S2. The lowest BCUT2D eigenvalue weighted by molar-refractivity contribution is 0.312. The third-order valence-electron chi connectivity index (χ3n) is 6.01. The topological polar surface area (TPSA) is 40.0 Å². The van der Waals surface area contributed by atoms with E-state index in [9.17, 15) is 0 Å². The monoisotopic (exact) mass is 398 g/mol. The average Bonchev–Trinajstić information content (AvgIpc) is 3.29. The molecule has 4 aliphatic rings. The van der Waals surface area contributed by atoms with E-state index in [1.807, 2.05) is 11.8 Å². The molecule has 1 saturated carbocycles. The Kier molecular flexibility index (Phi) is 5.18. The fourth-order valence-electron chi connectivity index (χ4n) is 4.42. The molecule has 0 radical (unpaired) electrons. The molecule has 1 unspecified atom stereocenters. The zero-order valence-corrected chi connectivity index (χ0v) is 17.2. The van der Waals surface area contributed by atoms with Gasteiger partial charge in [-0.15, -0.1) is 0 Å². The minimum absolute atomic E-state index is 0.502. The van der Waals surface area contributed by atoms with Crippen LogP contribution in [0.5, 0.6) is 0 Å². The molecular weight excluding hydrogens is 372 g/mol. The molecule has 0 spiro atoms. The summed E-state index contributed by atoms with van der Waals surface area (Å²) < 4.78 is 0. The minimum Gasteiger partial charge on any atom is -0.363 e. The summed E-state index contributed by atoms with van der Waals surface area (Å²) in [5.41, 5.74) is 4.10. The van der Waals surface area contributed by atoms with Crippen molar-refractivity contribution in [2.75, 3.05) is 12.3 Å². The van der Waals surface area contributed by atoms with Crippen molar-refractivity contribution in [1.82, 2.24) is 10.2 Å². The van der Waals surface area contributed by atoms with Crippen molar-refractivity contribution in [2.45, 2.75) is 51.2 Å². The first-order valence-corrected chi connectivity index (χ1v) is 11.9. The lowest BCUT2D eigenvalue weighted by atomic mass is 9.84. The largest absolute Gasteiger partial charge is 0.363 e. The van der Waals surface area contributed by atoms with Crippen LogP contribution >= 0.6 is 23.5 Å². The highest BCUT2D eigenvalue weighted by Gasteiger charge is 2.29. The number of aliphatic imine (C=N–C) groups is 2. The van der Waals surface area contributed by atoms with Gasteiger partial charge in [-0.3, -0.25) is 9.98 Å². The van der Waals surface area contributed by atoms with Crippen LogP contribution in [-0.2, 0) is 13.1 Å². The molecule has 1 aromatic rings. The molecule has 5 rings (SSSR count). The second-order valence-corrected chi connectivity index (χ2v) is 9.55. The summed E-state index contributed by atoms with van der Waals surface area (Å²) in [7, 11) is 0. The zero-order valence-electron chi connectivity index (χ0n) is 15.6. The van der Waals surface area contributed by atoms with E-state index in [-0.39, 0.29) is 0 Å². The number of rotatable bonds is 3. The number of nitrogens with one attached hydrogen (secondary N) is 1. The van der Waals surface area contributed by atoms with Crippen LogP contribution in [0.1, 0.15) is 43.2 Å². The summed E-state index contributed by atoms with van der Waals surface area (Å²) in [6.07, 6.45) is 6.92. The van der Waals surface area contributed by atoms with Gasteiger partial charge in [-0.25, -0.2) is 0 Å². The van der Waals surface area contributed by atoms with E-state index >= 15 is 0 Å². The summed E-state index contributed by atoms with van der Waals surface area (Å²) in [5.74, 6) is 1.75. The molecule has 1 aromatic carbocycles. The third-order valence-corrected chi connectivity index (χ3v) is 7.92. The first-order valence-electron chi connectivity index (χ1n) is 10.1. The van der Waals surface area contributed by atoms with Gasteiger partial charge in [-0.2, -0.15) is 0 Å². The molecule has 3 heterocycles. The highest BCUT2D eigenvalue weighted by atomic mass is 32.2. The summed E-state index contributed by atoms with van der Waals surface area (Å²) >= 11 is 3.62. The molecule has 0 bridgehead atoms. The van der Waals surface area contributed by atoms with Crippen LogP contribution in [0.3, 0.4) is 0 Å². The molecule has 6 heteroatoms. The fraction of sp³-hybridized carbons (Fsp3) is 0.524. The van der Waals surface area contributed by atoms with Gasteiger partial charge in [0.05, 0.1) is 19.1 Å². The molecule has 1 atom stereocenters. The van der Waals surface area contributed by atoms with Gasteiger partial charge < -0.3 is 10.2 Å². The number of thioether (sulfide) groups is 2. The Morgan fingerprint density at radius 2 is 2.00 bits per heavy atom. The van der Waals surface area contributed by atoms with Crippen LogP contribution in [0.2, 0.25) is 0 Å².